The number of hydrogen-bond donors (Lipinski definition) is 0. The van der Waals surface area contributed by atoms with Gasteiger partial charge in [0.2, 0.25) is 0 Å². The number of halogens is 2. The van der Waals surface area contributed by atoms with Crippen molar-refractivity contribution in [1.29, 1.82) is 0 Å². The molecule has 1 aromatic carbocycles. The second kappa shape index (κ2) is 13.0. The summed E-state index contributed by atoms with van der Waals surface area (Å²) in [6, 6.07) is 3.60. The van der Waals surface area contributed by atoms with E-state index in [0.29, 0.717) is 11.1 Å². The molecule has 1 heterocycles. The van der Waals surface area contributed by atoms with Crippen LogP contribution in [0.2, 0.25) is 25.7 Å². The predicted octanol–water partition coefficient (Wildman–Crippen LogP) is 6.30. The van der Waals surface area contributed by atoms with Crippen LogP contribution in [0.3, 0.4) is 0 Å². The zero-order chi connectivity index (χ0) is 29.8. The van der Waals surface area contributed by atoms with Crippen LogP contribution in [0.1, 0.15) is 43.6 Å². The first kappa shape index (κ1) is 33.0. The minimum absolute atomic E-state index is 0.0275. The quantitative estimate of drug-likeness (QED) is 0.107. The summed E-state index contributed by atoms with van der Waals surface area (Å²) in [6.45, 7) is 13.5. The largest absolute Gasteiger partial charge is 0.465 e. The highest BCUT2D eigenvalue weighted by atomic mass is 79.9. The van der Waals surface area contributed by atoms with Gasteiger partial charge in [-0.3, -0.25) is 0 Å². The molecule has 0 N–H and O–H groups in total. The number of amidine groups is 1. The number of aliphatic imine (C=N–C) groups is 1. The van der Waals surface area contributed by atoms with Gasteiger partial charge >= 0.3 is 18.0 Å². The molecule has 216 valence electrons. The molecule has 0 spiro atoms. The fraction of sp³-hybridized carbons (Fsp3) is 0.538. The summed E-state index contributed by atoms with van der Waals surface area (Å²) in [4.78, 5) is 44.2. The molecule has 1 aliphatic heterocycles. The molecule has 0 aromatic heterocycles. The van der Waals surface area contributed by atoms with Gasteiger partial charge in [-0.15, -0.1) is 0 Å². The molecule has 0 fully saturated rings. The van der Waals surface area contributed by atoms with Gasteiger partial charge in [-0.25, -0.2) is 28.7 Å². The molecule has 2 rings (SSSR count). The lowest BCUT2D eigenvalue weighted by atomic mass is 9.90. The number of amides is 1. The molecule has 0 bridgehead atoms. The van der Waals surface area contributed by atoms with E-state index in [0.717, 1.165) is 24.9 Å². The summed E-state index contributed by atoms with van der Waals surface area (Å²) in [7, 11) is 0.950. The topological polar surface area (TPSA) is 104 Å². The number of hydrogen-bond acceptors (Lipinski definition) is 9. The Kier molecular flexibility index (Phi) is 11.0. The van der Waals surface area contributed by atoms with Crippen LogP contribution in [0, 0.1) is 5.82 Å². The molecule has 1 amide bonds. The summed E-state index contributed by atoms with van der Waals surface area (Å²) in [6.07, 6.45) is 0.679. The lowest BCUT2D eigenvalue weighted by molar-refractivity contribution is -0.135. The fourth-order valence-corrected chi connectivity index (χ4v) is 5.68. The van der Waals surface area contributed by atoms with Gasteiger partial charge in [-0.2, -0.15) is 0 Å². The van der Waals surface area contributed by atoms with Crippen LogP contribution in [0.25, 0.3) is 0 Å². The Labute approximate surface area is 242 Å². The Balaban J connectivity index is 2.66. The van der Waals surface area contributed by atoms with Crippen molar-refractivity contribution in [2.75, 3.05) is 27.6 Å². The van der Waals surface area contributed by atoms with Crippen molar-refractivity contribution in [2.45, 2.75) is 64.5 Å². The highest BCUT2D eigenvalue weighted by molar-refractivity contribution is 9.10. The molecule has 0 aliphatic carbocycles. The maximum absolute atomic E-state index is 15.7. The van der Waals surface area contributed by atoms with E-state index < -0.39 is 43.1 Å². The molecule has 13 heteroatoms. The third-order valence-electron chi connectivity index (χ3n) is 5.38. The first-order valence-corrected chi connectivity index (χ1v) is 17.5. The number of carbonyl (C=O) groups is 3. The lowest BCUT2D eigenvalue weighted by Crippen LogP contribution is -2.43. The van der Waals surface area contributed by atoms with Gasteiger partial charge in [0, 0.05) is 24.7 Å². The second-order valence-corrected chi connectivity index (χ2v) is 18.8. The van der Waals surface area contributed by atoms with Gasteiger partial charge in [0.15, 0.2) is 5.17 Å². The predicted molar refractivity (Wildman–Crippen MR) is 155 cm³/mol. The van der Waals surface area contributed by atoms with Gasteiger partial charge in [0.25, 0.3) is 0 Å². The highest BCUT2D eigenvalue weighted by Crippen LogP contribution is 2.41. The molecule has 1 aromatic rings. The number of methoxy groups -OCH3 is 2. The Morgan fingerprint density at radius 1 is 1.13 bits per heavy atom. The highest BCUT2D eigenvalue weighted by Gasteiger charge is 2.39. The monoisotopic (exact) mass is 646 g/mol. The number of rotatable bonds is 8. The zero-order valence-corrected chi connectivity index (χ0v) is 27.2. The van der Waals surface area contributed by atoms with E-state index in [-0.39, 0.29) is 27.9 Å². The first-order valence-electron chi connectivity index (χ1n) is 12.2. The first-order chi connectivity index (χ1) is 17.9. The molecule has 9 nitrogen and oxygen atoms in total. The standard InChI is InChI=1S/C26H36BrFN2O7SSi/c1-25(2,3)37-24(33)30(15-36-10-11-39(7,8)9)23-29-26(4,14-19(38-23)22(32)35-6)18-13-16(27)12-17(20(18)28)21(31)34-5/h12-14H,10-11,15H2,1-9H3/t26-/m0/s1. The molecule has 0 unspecified atom stereocenters. The van der Waals surface area contributed by atoms with Gasteiger partial charge in [-0.05, 0) is 63.7 Å². The van der Waals surface area contributed by atoms with E-state index in [1.54, 1.807) is 27.7 Å². The van der Waals surface area contributed by atoms with Gasteiger partial charge in [0.05, 0.1) is 24.7 Å². The number of ether oxygens (including phenoxy) is 4. The van der Waals surface area contributed by atoms with E-state index in [4.69, 9.17) is 23.9 Å². The van der Waals surface area contributed by atoms with E-state index >= 15 is 4.39 Å². The third kappa shape index (κ3) is 9.15. The van der Waals surface area contributed by atoms with Crippen LogP contribution in [0.15, 0.2) is 32.6 Å². The second-order valence-electron chi connectivity index (χ2n) is 11.2. The van der Waals surface area contributed by atoms with Crippen molar-refractivity contribution in [3.63, 3.8) is 0 Å². The van der Waals surface area contributed by atoms with Crippen molar-refractivity contribution < 1.29 is 37.7 Å². The summed E-state index contributed by atoms with van der Waals surface area (Å²) in [5.41, 5.74) is -2.70. The summed E-state index contributed by atoms with van der Waals surface area (Å²) < 4.78 is 37.2. The fourth-order valence-electron chi connectivity index (χ4n) is 3.34. The van der Waals surface area contributed by atoms with E-state index in [2.05, 4.69) is 35.6 Å². The van der Waals surface area contributed by atoms with Crippen molar-refractivity contribution in [1.82, 2.24) is 4.90 Å². The van der Waals surface area contributed by atoms with E-state index in [9.17, 15) is 14.4 Å². The van der Waals surface area contributed by atoms with Crippen LogP contribution >= 0.6 is 27.7 Å². The molecule has 0 radical (unpaired) electrons. The van der Waals surface area contributed by atoms with Crippen LogP contribution in [0.4, 0.5) is 9.18 Å². The van der Waals surface area contributed by atoms with Crippen LogP contribution in [-0.2, 0) is 29.3 Å². The van der Waals surface area contributed by atoms with E-state index in [1.807, 2.05) is 0 Å². The molecule has 1 aliphatic rings. The summed E-state index contributed by atoms with van der Waals surface area (Å²) in [5.74, 6) is -2.46. The van der Waals surface area contributed by atoms with Crippen molar-refractivity contribution >= 4 is 59.0 Å². The number of carbonyl (C=O) groups excluding carboxylic acids is 3. The SMILES string of the molecule is COC(=O)C1=C[C@@](C)(c2cc(Br)cc(C(=O)OC)c2F)N=C(N(COCC[Si](C)(C)C)C(=O)OC(C)(C)C)S1. The van der Waals surface area contributed by atoms with Crippen molar-refractivity contribution in [2.24, 2.45) is 4.99 Å². The van der Waals surface area contributed by atoms with Gasteiger partial charge in [0.1, 0.15) is 23.7 Å². The average molecular weight is 648 g/mol. The third-order valence-corrected chi connectivity index (χ3v) is 8.54. The smallest absolute Gasteiger partial charge is 0.418 e. The Morgan fingerprint density at radius 3 is 2.28 bits per heavy atom. The summed E-state index contributed by atoms with van der Waals surface area (Å²) in [5, 5.41) is 0.0432. The average Bonchev–Trinajstić information content (AvgIpc) is 2.81. The molecule has 39 heavy (non-hydrogen) atoms. The molecule has 1 atom stereocenters. The normalized spacial score (nSPS) is 17.6. The molecule has 0 saturated carbocycles. The zero-order valence-electron chi connectivity index (χ0n) is 23.8. The molecular weight excluding hydrogens is 611 g/mol. The minimum atomic E-state index is -1.53. The van der Waals surface area contributed by atoms with Crippen LogP contribution in [0.5, 0.6) is 0 Å². The maximum Gasteiger partial charge on any atom is 0.418 e. The van der Waals surface area contributed by atoms with Crippen LogP contribution in [-0.4, -0.2) is 69.3 Å². The Morgan fingerprint density at radius 2 is 1.74 bits per heavy atom. The maximum atomic E-state index is 15.7. The molecular formula is C26H36BrFN2O7SSi. The number of nitrogens with zero attached hydrogens (tertiary/aromatic N) is 2. The number of esters is 2. The Hall–Kier alpha value is -2.22. The van der Waals surface area contributed by atoms with Crippen LogP contribution < -0.4 is 0 Å². The number of benzene rings is 1. The molecule has 0 saturated heterocycles. The lowest BCUT2D eigenvalue weighted by Gasteiger charge is -2.33. The van der Waals surface area contributed by atoms with Crippen molar-refractivity contribution in [3.05, 3.63) is 44.5 Å². The Bertz CT molecular complexity index is 1180. The minimum Gasteiger partial charge on any atom is -0.465 e. The van der Waals surface area contributed by atoms with Crippen molar-refractivity contribution in [3.8, 4) is 0 Å². The van der Waals surface area contributed by atoms with Gasteiger partial charge < -0.3 is 18.9 Å². The van der Waals surface area contributed by atoms with E-state index in [1.165, 1.54) is 30.2 Å². The number of thioether (sulfide) groups is 1. The van der Waals surface area contributed by atoms with Gasteiger partial charge in [-0.1, -0.05) is 35.6 Å². The summed E-state index contributed by atoms with van der Waals surface area (Å²) >= 11 is 4.19.